The number of carbonyl (C=O) groups is 1. The lowest BCUT2D eigenvalue weighted by Crippen LogP contribution is -1.99. The van der Waals surface area contributed by atoms with Crippen molar-refractivity contribution in [3.8, 4) is 5.69 Å². The molecule has 0 atom stereocenters. The van der Waals surface area contributed by atoms with Crippen LogP contribution in [0, 0.1) is 0 Å². The Bertz CT molecular complexity index is 835. The molecule has 0 N–H and O–H groups in total. The molecule has 0 fully saturated rings. The summed E-state index contributed by atoms with van der Waals surface area (Å²) in [6, 6.07) is 19.1. The maximum atomic E-state index is 11.5. The highest BCUT2D eigenvalue weighted by Crippen LogP contribution is 2.15. The van der Waals surface area contributed by atoms with E-state index in [0.717, 1.165) is 11.3 Å². The van der Waals surface area contributed by atoms with Gasteiger partial charge in [-0.2, -0.15) is 0 Å². The number of para-hydroxylation sites is 1. The minimum Gasteiger partial charge on any atom is -0.465 e. The number of hydrogen-bond donors (Lipinski definition) is 0. The monoisotopic (exact) mass is 304 g/mol. The third kappa shape index (κ3) is 3.55. The lowest BCUT2D eigenvalue weighted by molar-refractivity contribution is 0.0601. The van der Waals surface area contributed by atoms with Crippen LogP contribution in [0.3, 0.4) is 0 Å². The lowest BCUT2D eigenvalue weighted by atomic mass is 10.2. The Hall–Kier alpha value is -3.14. The fourth-order valence-corrected chi connectivity index (χ4v) is 2.23. The predicted octanol–water partition coefficient (Wildman–Crippen LogP) is 4.01. The number of ether oxygens (including phenoxy) is 1. The van der Waals surface area contributed by atoms with E-state index in [9.17, 15) is 4.79 Å². The first-order chi connectivity index (χ1) is 11.3. The molecule has 2 aromatic carbocycles. The molecule has 0 saturated heterocycles. The Labute approximate surface area is 134 Å². The second-order valence-electron chi connectivity index (χ2n) is 4.99. The van der Waals surface area contributed by atoms with Gasteiger partial charge in [-0.05, 0) is 36.4 Å². The Balaban J connectivity index is 1.79. The van der Waals surface area contributed by atoms with Crippen molar-refractivity contribution in [2.45, 2.75) is 0 Å². The largest absolute Gasteiger partial charge is 0.465 e. The zero-order valence-electron chi connectivity index (χ0n) is 12.7. The highest BCUT2D eigenvalue weighted by molar-refractivity contribution is 5.90. The topological polar surface area (TPSA) is 43.6 Å². The molecular formula is C19H16N2O2. The number of benzene rings is 2. The van der Waals surface area contributed by atoms with Crippen molar-refractivity contribution in [3.05, 3.63) is 84.2 Å². The Kier molecular flexibility index (Phi) is 4.34. The van der Waals surface area contributed by atoms with Crippen molar-refractivity contribution < 1.29 is 9.53 Å². The van der Waals surface area contributed by atoms with Crippen molar-refractivity contribution in [1.82, 2.24) is 4.57 Å². The van der Waals surface area contributed by atoms with Gasteiger partial charge in [0.2, 0.25) is 0 Å². The molecule has 0 aliphatic carbocycles. The number of aliphatic imine (C=N–C) groups is 1. The molecule has 0 saturated carbocycles. The molecule has 3 aromatic rings. The van der Waals surface area contributed by atoms with Crippen LogP contribution in [0.15, 0.2) is 78.0 Å². The van der Waals surface area contributed by atoms with Gasteiger partial charge in [-0.1, -0.05) is 24.3 Å². The quantitative estimate of drug-likeness (QED) is 0.540. The summed E-state index contributed by atoms with van der Waals surface area (Å²) in [4.78, 5) is 15.9. The third-order valence-corrected chi connectivity index (χ3v) is 3.40. The van der Waals surface area contributed by atoms with E-state index < -0.39 is 0 Å². The number of methoxy groups -OCH3 is 1. The van der Waals surface area contributed by atoms with E-state index in [2.05, 4.69) is 4.99 Å². The van der Waals surface area contributed by atoms with Crippen molar-refractivity contribution in [3.63, 3.8) is 0 Å². The molecular weight excluding hydrogens is 288 g/mol. The lowest BCUT2D eigenvalue weighted by Gasteiger charge is -2.00. The molecule has 0 aliphatic rings. The molecule has 0 amide bonds. The summed E-state index contributed by atoms with van der Waals surface area (Å²) in [5.41, 5.74) is 3.28. The molecule has 1 heterocycles. The van der Waals surface area contributed by atoms with Crippen LogP contribution in [0.5, 0.6) is 0 Å². The van der Waals surface area contributed by atoms with Crippen LogP contribution in [0.25, 0.3) is 5.69 Å². The van der Waals surface area contributed by atoms with E-state index in [1.807, 2.05) is 59.4 Å². The molecule has 3 rings (SSSR count). The van der Waals surface area contributed by atoms with Gasteiger partial charge in [0.1, 0.15) is 0 Å². The van der Waals surface area contributed by atoms with Gasteiger partial charge in [0.05, 0.1) is 18.4 Å². The van der Waals surface area contributed by atoms with E-state index in [-0.39, 0.29) is 5.97 Å². The van der Waals surface area contributed by atoms with Crippen molar-refractivity contribution in [1.29, 1.82) is 0 Å². The maximum absolute atomic E-state index is 11.5. The second-order valence-corrected chi connectivity index (χ2v) is 4.99. The van der Waals surface area contributed by atoms with E-state index >= 15 is 0 Å². The first kappa shape index (κ1) is 14.8. The van der Waals surface area contributed by atoms with Crippen LogP contribution < -0.4 is 0 Å². The van der Waals surface area contributed by atoms with Crippen molar-refractivity contribution in [2.24, 2.45) is 4.99 Å². The molecule has 0 bridgehead atoms. The average Bonchev–Trinajstić information content (AvgIpc) is 3.09. The van der Waals surface area contributed by atoms with Crippen LogP contribution in [0.2, 0.25) is 0 Å². The molecule has 1 aromatic heterocycles. The number of nitrogens with zero attached hydrogens (tertiary/aromatic N) is 2. The molecule has 0 spiro atoms. The first-order valence-corrected chi connectivity index (χ1v) is 7.22. The zero-order valence-corrected chi connectivity index (χ0v) is 12.7. The normalized spacial score (nSPS) is 10.8. The van der Waals surface area contributed by atoms with E-state index in [4.69, 9.17) is 4.74 Å². The highest BCUT2D eigenvalue weighted by Gasteiger charge is 2.04. The number of rotatable bonds is 4. The molecule has 23 heavy (non-hydrogen) atoms. The van der Waals surface area contributed by atoms with Gasteiger partial charge in [-0.3, -0.25) is 4.99 Å². The van der Waals surface area contributed by atoms with Gasteiger partial charge >= 0.3 is 5.97 Å². The standard InChI is InChI=1S/C19H16N2O2/c1-23-19(22)16-6-5-7-17(12-16)20-13-15-10-11-21(14-15)18-8-3-2-4-9-18/h2-14H,1H3. The zero-order chi connectivity index (χ0) is 16.1. The minimum absolute atomic E-state index is 0.364. The summed E-state index contributed by atoms with van der Waals surface area (Å²) in [5, 5.41) is 0. The second kappa shape index (κ2) is 6.75. The summed E-state index contributed by atoms with van der Waals surface area (Å²) >= 11 is 0. The molecule has 0 aliphatic heterocycles. The molecule has 114 valence electrons. The Morgan fingerprint density at radius 3 is 2.70 bits per heavy atom. The smallest absolute Gasteiger partial charge is 0.337 e. The van der Waals surface area contributed by atoms with Crippen molar-refractivity contribution in [2.75, 3.05) is 7.11 Å². The van der Waals surface area contributed by atoms with E-state index in [1.54, 1.807) is 24.4 Å². The van der Waals surface area contributed by atoms with Gasteiger partial charge in [-0.15, -0.1) is 0 Å². The maximum Gasteiger partial charge on any atom is 0.337 e. The molecule has 0 radical (unpaired) electrons. The first-order valence-electron chi connectivity index (χ1n) is 7.22. The van der Waals surface area contributed by atoms with Crippen molar-refractivity contribution >= 4 is 17.9 Å². The number of esters is 1. The van der Waals surface area contributed by atoms with E-state index in [0.29, 0.717) is 11.3 Å². The fraction of sp³-hybridized carbons (Fsp3) is 0.0526. The summed E-state index contributed by atoms with van der Waals surface area (Å²) in [7, 11) is 1.37. The summed E-state index contributed by atoms with van der Waals surface area (Å²) < 4.78 is 6.75. The van der Waals surface area contributed by atoms with Gasteiger partial charge in [0.15, 0.2) is 0 Å². The Morgan fingerprint density at radius 1 is 1.09 bits per heavy atom. The van der Waals surface area contributed by atoms with Gasteiger partial charge in [0, 0.05) is 29.9 Å². The van der Waals surface area contributed by atoms with E-state index in [1.165, 1.54) is 7.11 Å². The SMILES string of the molecule is COC(=O)c1cccc(N=Cc2ccn(-c3ccccc3)c2)c1. The minimum atomic E-state index is -0.364. The van der Waals surface area contributed by atoms with Crippen LogP contribution in [0.1, 0.15) is 15.9 Å². The van der Waals surface area contributed by atoms with Crippen LogP contribution in [0.4, 0.5) is 5.69 Å². The van der Waals surface area contributed by atoms with Gasteiger partial charge in [0.25, 0.3) is 0 Å². The van der Waals surface area contributed by atoms with Gasteiger partial charge < -0.3 is 9.30 Å². The van der Waals surface area contributed by atoms with Crippen LogP contribution in [-0.4, -0.2) is 23.9 Å². The third-order valence-electron chi connectivity index (χ3n) is 3.40. The molecule has 4 nitrogen and oxygen atoms in total. The number of carbonyl (C=O) groups excluding carboxylic acids is 1. The number of aromatic nitrogens is 1. The average molecular weight is 304 g/mol. The summed E-state index contributed by atoms with van der Waals surface area (Å²) in [6.07, 6.45) is 5.76. The highest BCUT2D eigenvalue weighted by atomic mass is 16.5. The fourth-order valence-electron chi connectivity index (χ4n) is 2.23. The number of hydrogen-bond acceptors (Lipinski definition) is 3. The molecule has 0 unspecified atom stereocenters. The van der Waals surface area contributed by atoms with Crippen LogP contribution >= 0.6 is 0 Å². The van der Waals surface area contributed by atoms with Gasteiger partial charge in [-0.25, -0.2) is 4.79 Å². The van der Waals surface area contributed by atoms with Crippen LogP contribution in [-0.2, 0) is 4.74 Å². The molecule has 4 heteroatoms. The Morgan fingerprint density at radius 2 is 1.91 bits per heavy atom. The summed E-state index contributed by atoms with van der Waals surface area (Å²) in [6.45, 7) is 0. The summed E-state index contributed by atoms with van der Waals surface area (Å²) in [5.74, 6) is -0.364. The predicted molar refractivity (Wildman–Crippen MR) is 90.8 cm³/mol.